The fourth-order valence-electron chi connectivity index (χ4n) is 1.76. The molecule has 1 fully saturated rings. The highest BCUT2D eigenvalue weighted by Gasteiger charge is 2.14. The topological polar surface area (TPSA) is 51.5 Å². The summed E-state index contributed by atoms with van der Waals surface area (Å²) in [5.74, 6) is 1.19. The highest BCUT2D eigenvalue weighted by Crippen LogP contribution is 2.14. The van der Waals surface area contributed by atoms with E-state index in [1.165, 1.54) is 6.07 Å². The molecular formula is C11H15NO3. The van der Waals surface area contributed by atoms with Crippen LogP contribution in [0.25, 0.3) is 0 Å². The SMILES string of the molecule is Cc1cc(OC2CCCNC2)cc(=O)o1. The predicted molar refractivity (Wildman–Crippen MR) is 56.2 cm³/mol. The Hall–Kier alpha value is -1.29. The lowest BCUT2D eigenvalue weighted by molar-refractivity contribution is 0.165. The number of piperidine rings is 1. The van der Waals surface area contributed by atoms with Crippen molar-refractivity contribution in [2.24, 2.45) is 0 Å². The van der Waals surface area contributed by atoms with Gasteiger partial charge in [0.25, 0.3) is 0 Å². The smallest absolute Gasteiger partial charge is 0.339 e. The van der Waals surface area contributed by atoms with Gasteiger partial charge in [0.2, 0.25) is 0 Å². The number of hydrogen-bond donors (Lipinski definition) is 1. The third kappa shape index (κ3) is 2.83. The van der Waals surface area contributed by atoms with Gasteiger partial charge in [-0.2, -0.15) is 0 Å². The molecule has 1 atom stereocenters. The Morgan fingerprint density at radius 1 is 1.53 bits per heavy atom. The van der Waals surface area contributed by atoms with Crippen LogP contribution in [0, 0.1) is 6.92 Å². The Morgan fingerprint density at radius 2 is 2.40 bits per heavy atom. The van der Waals surface area contributed by atoms with E-state index in [9.17, 15) is 4.79 Å². The molecule has 0 aliphatic carbocycles. The highest BCUT2D eigenvalue weighted by atomic mass is 16.5. The van der Waals surface area contributed by atoms with Crippen LogP contribution in [0.4, 0.5) is 0 Å². The standard InChI is InChI=1S/C11H15NO3/c1-8-5-10(6-11(13)14-8)15-9-3-2-4-12-7-9/h5-6,9,12H,2-4,7H2,1H3. The Labute approximate surface area is 88.2 Å². The molecule has 0 amide bonds. The van der Waals surface area contributed by atoms with Gasteiger partial charge in [-0.25, -0.2) is 4.79 Å². The zero-order valence-corrected chi connectivity index (χ0v) is 8.79. The van der Waals surface area contributed by atoms with Crippen molar-refractivity contribution >= 4 is 0 Å². The van der Waals surface area contributed by atoms with Crippen LogP contribution in [-0.4, -0.2) is 19.2 Å². The van der Waals surface area contributed by atoms with Gasteiger partial charge in [0.15, 0.2) is 0 Å². The lowest BCUT2D eigenvalue weighted by Crippen LogP contribution is -2.37. The zero-order valence-electron chi connectivity index (χ0n) is 8.79. The lowest BCUT2D eigenvalue weighted by atomic mass is 10.1. The van der Waals surface area contributed by atoms with Crippen molar-refractivity contribution in [1.29, 1.82) is 0 Å². The summed E-state index contributed by atoms with van der Waals surface area (Å²) in [6, 6.07) is 3.14. The quantitative estimate of drug-likeness (QED) is 0.791. The molecule has 1 aromatic rings. The van der Waals surface area contributed by atoms with E-state index >= 15 is 0 Å². The first kappa shape index (κ1) is 10.2. The van der Waals surface area contributed by atoms with Gasteiger partial charge in [-0.05, 0) is 26.3 Å². The second-order valence-corrected chi connectivity index (χ2v) is 3.81. The molecular weight excluding hydrogens is 194 g/mol. The predicted octanol–water partition coefficient (Wildman–Crippen LogP) is 1.08. The average Bonchev–Trinajstić information content (AvgIpc) is 2.17. The molecule has 1 unspecified atom stereocenters. The molecule has 0 radical (unpaired) electrons. The summed E-state index contributed by atoms with van der Waals surface area (Å²) in [7, 11) is 0. The molecule has 1 saturated heterocycles. The number of ether oxygens (including phenoxy) is 1. The summed E-state index contributed by atoms with van der Waals surface area (Å²) in [5.41, 5.74) is -0.353. The fraction of sp³-hybridized carbons (Fsp3) is 0.545. The molecule has 4 nitrogen and oxygen atoms in total. The minimum Gasteiger partial charge on any atom is -0.489 e. The molecule has 1 aliphatic heterocycles. The van der Waals surface area contributed by atoms with Gasteiger partial charge in [0.05, 0.1) is 6.07 Å². The van der Waals surface area contributed by atoms with Crippen molar-refractivity contribution in [3.8, 4) is 5.75 Å². The van der Waals surface area contributed by atoms with Crippen LogP contribution in [0.15, 0.2) is 21.3 Å². The first-order valence-electron chi connectivity index (χ1n) is 5.23. The maximum atomic E-state index is 11.1. The summed E-state index contributed by atoms with van der Waals surface area (Å²) in [5, 5.41) is 3.26. The van der Waals surface area contributed by atoms with E-state index in [1.54, 1.807) is 13.0 Å². The minimum atomic E-state index is -0.353. The summed E-state index contributed by atoms with van der Waals surface area (Å²) in [4.78, 5) is 11.1. The Kier molecular flexibility index (Phi) is 3.06. The molecule has 2 rings (SSSR count). The van der Waals surface area contributed by atoms with Crippen LogP contribution in [0.1, 0.15) is 18.6 Å². The van der Waals surface area contributed by atoms with Crippen molar-refractivity contribution in [3.63, 3.8) is 0 Å². The van der Waals surface area contributed by atoms with Gasteiger partial charge in [-0.3, -0.25) is 0 Å². The van der Waals surface area contributed by atoms with Crippen molar-refractivity contribution < 1.29 is 9.15 Å². The second-order valence-electron chi connectivity index (χ2n) is 3.81. The van der Waals surface area contributed by atoms with Crippen molar-refractivity contribution in [2.75, 3.05) is 13.1 Å². The molecule has 1 N–H and O–H groups in total. The fourth-order valence-corrected chi connectivity index (χ4v) is 1.76. The minimum absolute atomic E-state index is 0.167. The molecule has 82 valence electrons. The van der Waals surface area contributed by atoms with Crippen molar-refractivity contribution in [3.05, 3.63) is 28.3 Å². The van der Waals surface area contributed by atoms with Crippen LogP contribution in [0.5, 0.6) is 5.75 Å². The largest absolute Gasteiger partial charge is 0.489 e. The summed E-state index contributed by atoms with van der Waals surface area (Å²) in [6.45, 7) is 3.64. The molecule has 0 spiro atoms. The molecule has 0 saturated carbocycles. The lowest BCUT2D eigenvalue weighted by Gasteiger charge is -2.23. The van der Waals surface area contributed by atoms with Gasteiger partial charge >= 0.3 is 5.63 Å². The van der Waals surface area contributed by atoms with E-state index in [1.807, 2.05) is 0 Å². The molecule has 2 heterocycles. The van der Waals surface area contributed by atoms with Crippen LogP contribution in [-0.2, 0) is 0 Å². The number of rotatable bonds is 2. The van der Waals surface area contributed by atoms with Crippen LogP contribution >= 0.6 is 0 Å². The molecule has 1 aliphatic rings. The summed E-state index contributed by atoms with van der Waals surface area (Å²) in [6.07, 6.45) is 2.32. The monoisotopic (exact) mass is 209 g/mol. The third-order valence-corrected chi connectivity index (χ3v) is 2.42. The maximum Gasteiger partial charge on any atom is 0.339 e. The van der Waals surface area contributed by atoms with E-state index in [4.69, 9.17) is 9.15 Å². The highest BCUT2D eigenvalue weighted by molar-refractivity contribution is 5.20. The van der Waals surface area contributed by atoms with E-state index in [2.05, 4.69) is 5.32 Å². The molecule has 15 heavy (non-hydrogen) atoms. The first-order valence-corrected chi connectivity index (χ1v) is 5.23. The van der Waals surface area contributed by atoms with Gasteiger partial charge in [-0.15, -0.1) is 0 Å². The zero-order chi connectivity index (χ0) is 10.7. The van der Waals surface area contributed by atoms with E-state index in [0.717, 1.165) is 25.9 Å². The summed E-state index contributed by atoms with van der Waals surface area (Å²) < 4.78 is 10.6. The van der Waals surface area contributed by atoms with E-state index < -0.39 is 0 Å². The second kappa shape index (κ2) is 4.49. The Balaban J connectivity index is 2.06. The summed E-state index contributed by atoms with van der Waals surface area (Å²) >= 11 is 0. The normalized spacial score (nSPS) is 21.3. The van der Waals surface area contributed by atoms with E-state index in [-0.39, 0.29) is 11.7 Å². The first-order chi connectivity index (χ1) is 7.24. The third-order valence-electron chi connectivity index (χ3n) is 2.42. The van der Waals surface area contributed by atoms with Crippen molar-refractivity contribution in [2.45, 2.75) is 25.9 Å². The average molecular weight is 209 g/mol. The van der Waals surface area contributed by atoms with Gasteiger partial charge < -0.3 is 14.5 Å². The van der Waals surface area contributed by atoms with Crippen LogP contribution in [0.2, 0.25) is 0 Å². The molecule has 0 aromatic carbocycles. The van der Waals surface area contributed by atoms with Gasteiger partial charge in [0, 0.05) is 12.6 Å². The Morgan fingerprint density at radius 3 is 3.07 bits per heavy atom. The van der Waals surface area contributed by atoms with Gasteiger partial charge in [0.1, 0.15) is 17.6 Å². The Bertz CT molecular complexity index is 380. The van der Waals surface area contributed by atoms with Crippen molar-refractivity contribution in [1.82, 2.24) is 5.32 Å². The van der Waals surface area contributed by atoms with E-state index in [0.29, 0.717) is 11.5 Å². The molecule has 0 bridgehead atoms. The number of nitrogens with one attached hydrogen (secondary N) is 1. The van der Waals surface area contributed by atoms with Crippen LogP contribution < -0.4 is 15.7 Å². The van der Waals surface area contributed by atoms with Gasteiger partial charge in [-0.1, -0.05) is 0 Å². The number of aryl methyl sites for hydroxylation is 1. The maximum absolute atomic E-state index is 11.1. The number of hydrogen-bond acceptors (Lipinski definition) is 4. The molecule has 1 aromatic heterocycles. The molecule has 4 heteroatoms. The van der Waals surface area contributed by atoms with Crippen LogP contribution in [0.3, 0.4) is 0 Å².